The molecule has 102 valence electrons. The predicted octanol–water partition coefficient (Wildman–Crippen LogP) is 2.09. The molecule has 0 aliphatic heterocycles. The Balaban J connectivity index is 2.21. The van der Waals surface area contributed by atoms with Gasteiger partial charge in [0.05, 0.1) is 18.2 Å². The van der Waals surface area contributed by atoms with Crippen molar-refractivity contribution in [1.82, 2.24) is 9.78 Å². The normalized spacial score (nSPS) is 10.1. The van der Waals surface area contributed by atoms with Gasteiger partial charge in [-0.3, -0.25) is 9.48 Å². The summed E-state index contributed by atoms with van der Waals surface area (Å²) < 4.78 is 1.83. The van der Waals surface area contributed by atoms with Gasteiger partial charge in [-0.2, -0.15) is 10.4 Å². The van der Waals surface area contributed by atoms with E-state index in [4.69, 9.17) is 5.26 Å². The van der Waals surface area contributed by atoms with Gasteiger partial charge in [-0.05, 0) is 31.2 Å². The maximum Gasteiger partial charge on any atom is 0.161 e. The molecule has 0 saturated carbocycles. The van der Waals surface area contributed by atoms with E-state index in [1.807, 2.05) is 28.9 Å². The van der Waals surface area contributed by atoms with Crippen molar-refractivity contribution in [3.8, 4) is 6.07 Å². The van der Waals surface area contributed by atoms with Crippen molar-refractivity contribution in [1.29, 1.82) is 5.26 Å². The number of benzene rings is 1. The number of likely N-dealkylation sites (N-methyl/N-ethyl adjacent to an activating group) is 1. The predicted molar refractivity (Wildman–Crippen MR) is 76.7 cm³/mol. The topological polar surface area (TPSA) is 61.9 Å². The minimum Gasteiger partial charge on any atom is -0.372 e. The van der Waals surface area contributed by atoms with Crippen LogP contribution >= 0.6 is 0 Å². The second-order valence-corrected chi connectivity index (χ2v) is 4.59. The van der Waals surface area contributed by atoms with E-state index < -0.39 is 0 Å². The lowest BCUT2D eigenvalue weighted by Gasteiger charge is -2.22. The van der Waals surface area contributed by atoms with E-state index in [1.54, 1.807) is 24.4 Å². The van der Waals surface area contributed by atoms with Crippen LogP contribution in [0.1, 0.15) is 22.8 Å². The van der Waals surface area contributed by atoms with Crippen LogP contribution in [0.3, 0.4) is 0 Å². The number of carbonyl (C=O) groups excluding carboxylic acids is 1. The number of ketones is 1. The molecule has 1 heterocycles. The Bertz CT molecular complexity index is 640. The quantitative estimate of drug-likeness (QED) is 0.779. The zero-order valence-corrected chi connectivity index (χ0v) is 11.6. The fourth-order valence-electron chi connectivity index (χ4n) is 2.02. The molecule has 0 spiro atoms. The van der Waals surface area contributed by atoms with Gasteiger partial charge in [0.2, 0.25) is 0 Å². The van der Waals surface area contributed by atoms with Crippen molar-refractivity contribution >= 4 is 11.5 Å². The van der Waals surface area contributed by atoms with Gasteiger partial charge in [-0.15, -0.1) is 0 Å². The number of nitrogens with zero attached hydrogens (tertiary/aromatic N) is 4. The van der Waals surface area contributed by atoms with Gasteiger partial charge >= 0.3 is 0 Å². The van der Waals surface area contributed by atoms with Gasteiger partial charge < -0.3 is 4.90 Å². The van der Waals surface area contributed by atoms with Crippen LogP contribution in [0.4, 0.5) is 5.69 Å². The van der Waals surface area contributed by atoms with E-state index in [1.165, 1.54) is 6.92 Å². The molecule has 1 aromatic carbocycles. The zero-order valence-electron chi connectivity index (χ0n) is 11.6. The standard InChI is InChI=1S/C15H16N4O/c1-12(20)14-5-4-13(11-16)10-15(14)18(2)8-9-19-7-3-6-17-19/h3-7,10H,8-9H2,1-2H3. The van der Waals surface area contributed by atoms with Crippen LogP contribution in [0.5, 0.6) is 0 Å². The number of Topliss-reactive ketones (excluding diaryl/α,β-unsaturated/α-hetero) is 1. The maximum atomic E-state index is 11.7. The van der Waals surface area contributed by atoms with Gasteiger partial charge in [0, 0.05) is 37.2 Å². The minimum absolute atomic E-state index is 0.00423. The summed E-state index contributed by atoms with van der Waals surface area (Å²) in [4.78, 5) is 13.6. The molecule has 0 unspecified atom stereocenters. The average molecular weight is 268 g/mol. The van der Waals surface area contributed by atoms with Crippen LogP contribution in [0.2, 0.25) is 0 Å². The van der Waals surface area contributed by atoms with Gasteiger partial charge in [-0.1, -0.05) is 0 Å². The van der Waals surface area contributed by atoms with E-state index >= 15 is 0 Å². The molecular formula is C15H16N4O. The van der Waals surface area contributed by atoms with E-state index in [9.17, 15) is 4.79 Å². The van der Waals surface area contributed by atoms with Crippen molar-refractivity contribution in [2.45, 2.75) is 13.5 Å². The lowest BCUT2D eigenvalue weighted by Crippen LogP contribution is -2.24. The number of hydrogen-bond acceptors (Lipinski definition) is 4. The molecule has 0 aliphatic rings. The molecule has 2 aromatic rings. The summed E-state index contributed by atoms with van der Waals surface area (Å²) in [7, 11) is 1.91. The minimum atomic E-state index is -0.00423. The van der Waals surface area contributed by atoms with Crippen LogP contribution in [0, 0.1) is 11.3 Å². The third-order valence-corrected chi connectivity index (χ3v) is 3.14. The van der Waals surface area contributed by atoms with E-state index in [0.29, 0.717) is 17.7 Å². The van der Waals surface area contributed by atoms with E-state index in [0.717, 1.165) is 12.2 Å². The van der Waals surface area contributed by atoms with Crippen molar-refractivity contribution in [3.05, 3.63) is 47.8 Å². The fraction of sp³-hybridized carbons (Fsp3) is 0.267. The molecule has 0 saturated heterocycles. The highest BCUT2D eigenvalue weighted by Crippen LogP contribution is 2.21. The number of anilines is 1. The van der Waals surface area contributed by atoms with Crippen LogP contribution in [0.15, 0.2) is 36.7 Å². The van der Waals surface area contributed by atoms with Gasteiger partial charge in [0.25, 0.3) is 0 Å². The molecule has 5 nitrogen and oxygen atoms in total. The van der Waals surface area contributed by atoms with Crippen molar-refractivity contribution in [2.24, 2.45) is 0 Å². The fourth-order valence-corrected chi connectivity index (χ4v) is 2.02. The zero-order chi connectivity index (χ0) is 14.5. The molecule has 5 heteroatoms. The third kappa shape index (κ3) is 3.04. The Hall–Kier alpha value is -2.61. The SMILES string of the molecule is CC(=O)c1ccc(C#N)cc1N(C)CCn1cccn1. The third-order valence-electron chi connectivity index (χ3n) is 3.14. The number of rotatable bonds is 5. The number of aromatic nitrogens is 2. The van der Waals surface area contributed by atoms with Crippen LogP contribution < -0.4 is 4.90 Å². The summed E-state index contributed by atoms with van der Waals surface area (Å²) in [5, 5.41) is 13.1. The highest BCUT2D eigenvalue weighted by molar-refractivity contribution is 5.99. The first kappa shape index (κ1) is 13.8. The molecule has 20 heavy (non-hydrogen) atoms. The number of hydrogen-bond donors (Lipinski definition) is 0. The van der Waals surface area contributed by atoms with Crippen LogP contribution in [0.25, 0.3) is 0 Å². The van der Waals surface area contributed by atoms with E-state index in [-0.39, 0.29) is 5.78 Å². The molecule has 0 atom stereocenters. The summed E-state index contributed by atoms with van der Waals surface area (Å²) in [6.45, 7) is 2.96. The number of carbonyl (C=O) groups is 1. The highest BCUT2D eigenvalue weighted by atomic mass is 16.1. The Morgan fingerprint density at radius 2 is 2.30 bits per heavy atom. The molecule has 0 fully saturated rings. The Kier molecular flexibility index (Phi) is 4.16. The molecule has 0 aliphatic carbocycles. The Labute approximate surface area is 118 Å². The first-order valence-corrected chi connectivity index (χ1v) is 6.35. The Morgan fingerprint density at radius 3 is 2.90 bits per heavy atom. The molecule has 0 bridgehead atoms. The van der Waals surface area contributed by atoms with Crippen molar-refractivity contribution in [3.63, 3.8) is 0 Å². The van der Waals surface area contributed by atoms with E-state index in [2.05, 4.69) is 11.2 Å². The molecule has 0 radical (unpaired) electrons. The largest absolute Gasteiger partial charge is 0.372 e. The van der Waals surface area contributed by atoms with Crippen molar-refractivity contribution in [2.75, 3.05) is 18.5 Å². The lowest BCUT2D eigenvalue weighted by atomic mass is 10.1. The molecule has 0 amide bonds. The number of nitriles is 1. The van der Waals surface area contributed by atoms with Gasteiger partial charge in [-0.25, -0.2) is 0 Å². The van der Waals surface area contributed by atoms with Gasteiger partial charge in [0.1, 0.15) is 0 Å². The lowest BCUT2D eigenvalue weighted by molar-refractivity contribution is 0.101. The summed E-state index contributed by atoms with van der Waals surface area (Å²) in [5.41, 5.74) is 1.96. The summed E-state index contributed by atoms with van der Waals surface area (Å²) >= 11 is 0. The Morgan fingerprint density at radius 1 is 1.50 bits per heavy atom. The average Bonchev–Trinajstić information content (AvgIpc) is 2.97. The molecular weight excluding hydrogens is 252 g/mol. The maximum absolute atomic E-state index is 11.7. The van der Waals surface area contributed by atoms with Gasteiger partial charge in [0.15, 0.2) is 5.78 Å². The molecule has 2 rings (SSSR count). The van der Waals surface area contributed by atoms with Crippen LogP contribution in [-0.4, -0.2) is 29.2 Å². The van der Waals surface area contributed by atoms with Crippen LogP contribution in [-0.2, 0) is 6.54 Å². The smallest absolute Gasteiger partial charge is 0.161 e. The summed E-state index contributed by atoms with van der Waals surface area (Å²) in [5.74, 6) is -0.00423. The summed E-state index contributed by atoms with van der Waals surface area (Å²) in [6, 6.07) is 9.10. The second kappa shape index (κ2) is 6.02. The summed E-state index contributed by atoms with van der Waals surface area (Å²) in [6.07, 6.45) is 3.63. The monoisotopic (exact) mass is 268 g/mol. The first-order chi connectivity index (χ1) is 9.61. The second-order valence-electron chi connectivity index (χ2n) is 4.59. The first-order valence-electron chi connectivity index (χ1n) is 6.35. The highest BCUT2D eigenvalue weighted by Gasteiger charge is 2.12. The molecule has 1 aromatic heterocycles. The molecule has 0 N–H and O–H groups in total. The van der Waals surface area contributed by atoms with Crippen molar-refractivity contribution < 1.29 is 4.79 Å².